The first-order valence-corrected chi connectivity index (χ1v) is 10.3. The maximum atomic E-state index is 12.8. The third kappa shape index (κ3) is 4.38. The fourth-order valence-corrected chi connectivity index (χ4v) is 4.15. The molecule has 0 spiro atoms. The summed E-state index contributed by atoms with van der Waals surface area (Å²) in [5.41, 5.74) is 9.14. The van der Waals surface area contributed by atoms with Crippen LogP contribution in [0.15, 0.2) is 23.0 Å². The number of piperidine rings is 1. The zero-order valence-electron chi connectivity index (χ0n) is 16.2. The molecule has 0 saturated carbocycles. The number of aromatic nitrogens is 2. The second kappa shape index (κ2) is 9.38. The molecule has 2 aromatic rings. The van der Waals surface area contributed by atoms with Gasteiger partial charge in [0.25, 0.3) is 0 Å². The minimum atomic E-state index is 0.116. The Labute approximate surface area is 156 Å². The lowest BCUT2D eigenvalue weighted by Crippen LogP contribution is -2.36. The van der Waals surface area contributed by atoms with Crippen molar-refractivity contribution in [1.29, 1.82) is 0 Å². The summed E-state index contributed by atoms with van der Waals surface area (Å²) in [5.74, 6) is 0. The van der Waals surface area contributed by atoms with Gasteiger partial charge < -0.3 is 11.1 Å². The van der Waals surface area contributed by atoms with Crippen LogP contribution < -0.4 is 16.7 Å². The summed E-state index contributed by atoms with van der Waals surface area (Å²) in [6.07, 6.45) is 10.8. The maximum absolute atomic E-state index is 12.8. The van der Waals surface area contributed by atoms with Gasteiger partial charge in [0.1, 0.15) is 0 Å². The zero-order chi connectivity index (χ0) is 18.4. The van der Waals surface area contributed by atoms with Crippen LogP contribution in [-0.4, -0.2) is 28.8 Å². The van der Waals surface area contributed by atoms with Crippen molar-refractivity contribution < 1.29 is 0 Å². The molecular weight excluding hydrogens is 324 g/mol. The second-order valence-corrected chi connectivity index (χ2v) is 7.69. The smallest absolute Gasteiger partial charge is 0.329 e. The molecule has 5 heteroatoms. The van der Waals surface area contributed by atoms with Gasteiger partial charge in [-0.25, -0.2) is 4.79 Å². The summed E-state index contributed by atoms with van der Waals surface area (Å²) in [6.45, 7) is 2.77. The first kappa shape index (κ1) is 19.2. The predicted octanol–water partition coefficient (Wildman–Crippen LogP) is 3.11. The topological polar surface area (TPSA) is 65.0 Å². The highest BCUT2D eigenvalue weighted by Gasteiger charge is 2.21. The van der Waals surface area contributed by atoms with E-state index in [1.165, 1.54) is 37.7 Å². The van der Waals surface area contributed by atoms with E-state index in [2.05, 4.69) is 23.5 Å². The molecule has 26 heavy (non-hydrogen) atoms. The monoisotopic (exact) mass is 358 g/mol. The van der Waals surface area contributed by atoms with Crippen molar-refractivity contribution in [3.05, 3.63) is 34.2 Å². The van der Waals surface area contributed by atoms with Crippen LogP contribution in [0.3, 0.4) is 0 Å². The van der Waals surface area contributed by atoms with Crippen LogP contribution in [0.5, 0.6) is 0 Å². The first-order valence-electron chi connectivity index (χ1n) is 10.3. The lowest BCUT2D eigenvalue weighted by atomic mass is 10.0. The lowest BCUT2D eigenvalue weighted by molar-refractivity contribution is 0.369. The predicted molar refractivity (Wildman–Crippen MR) is 109 cm³/mol. The van der Waals surface area contributed by atoms with E-state index in [-0.39, 0.29) is 11.7 Å². The Morgan fingerprint density at radius 2 is 1.88 bits per heavy atom. The molecule has 1 aromatic heterocycles. The average molecular weight is 359 g/mol. The highest BCUT2D eigenvalue weighted by atomic mass is 16.1. The zero-order valence-corrected chi connectivity index (χ0v) is 16.2. The first-order chi connectivity index (χ1) is 12.7. The molecule has 1 aromatic carbocycles. The van der Waals surface area contributed by atoms with E-state index in [0.717, 1.165) is 56.4 Å². The third-order valence-electron chi connectivity index (χ3n) is 5.71. The maximum Gasteiger partial charge on any atom is 0.329 e. The summed E-state index contributed by atoms with van der Waals surface area (Å²) in [7, 11) is 1.90. The molecule has 2 heterocycles. The molecule has 3 rings (SSSR count). The molecule has 5 nitrogen and oxygen atoms in total. The molecule has 0 amide bonds. The number of benzene rings is 1. The Hall–Kier alpha value is -1.59. The Morgan fingerprint density at radius 3 is 2.62 bits per heavy atom. The van der Waals surface area contributed by atoms with Crippen LogP contribution in [0.2, 0.25) is 0 Å². The highest BCUT2D eigenvalue weighted by Crippen LogP contribution is 2.23. The fourth-order valence-electron chi connectivity index (χ4n) is 4.15. The summed E-state index contributed by atoms with van der Waals surface area (Å²) in [6, 6.07) is 6.86. The van der Waals surface area contributed by atoms with E-state index in [0.29, 0.717) is 0 Å². The van der Waals surface area contributed by atoms with Gasteiger partial charge in [-0.3, -0.25) is 9.13 Å². The number of nitrogens with zero attached hydrogens (tertiary/aromatic N) is 2. The van der Waals surface area contributed by atoms with Crippen molar-refractivity contribution >= 4 is 11.0 Å². The fraction of sp³-hybridized carbons (Fsp3) is 0.667. The van der Waals surface area contributed by atoms with Crippen molar-refractivity contribution in [3.63, 3.8) is 0 Å². The largest absolute Gasteiger partial charge is 0.330 e. The van der Waals surface area contributed by atoms with Gasteiger partial charge in [-0.05, 0) is 62.9 Å². The van der Waals surface area contributed by atoms with Gasteiger partial charge in [0.15, 0.2) is 0 Å². The number of fused-ring (bicyclic) bond motifs is 1. The van der Waals surface area contributed by atoms with Crippen LogP contribution in [0.4, 0.5) is 0 Å². The molecule has 1 aliphatic rings. The van der Waals surface area contributed by atoms with E-state index in [4.69, 9.17) is 5.73 Å². The van der Waals surface area contributed by atoms with Crippen LogP contribution in [0.1, 0.15) is 63.0 Å². The van der Waals surface area contributed by atoms with E-state index in [9.17, 15) is 4.79 Å². The molecule has 3 N–H and O–H groups in total. The second-order valence-electron chi connectivity index (χ2n) is 7.69. The van der Waals surface area contributed by atoms with E-state index >= 15 is 0 Å². The van der Waals surface area contributed by atoms with E-state index < -0.39 is 0 Å². The molecule has 144 valence electrons. The molecule has 1 unspecified atom stereocenters. The SMILES string of the molecule is Cn1c(=O)n(C2CCCNC2)c2ccc(CCCCCCCCN)cc21. The molecule has 0 bridgehead atoms. The van der Waals surface area contributed by atoms with Crippen molar-refractivity contribution in [1.82, 2.24) is 14.5 Å². The molecular formula is C21H34N4O. The normalized spacial score (nSPS) is 17.8. The van der Waals surface area contributed by atoms with Crippen molar-refractivity contribution in [3.8, 4) is 0 Å². The van der Waals surface area contributed by atoms with Crippen LogP contribution in [0, 0.1) is 0 Å². The van der Waals surface area contributed by atoms with Gasteiger partial charge in [-0.1, -0.05) is 31.7 Å². The average Bonchev–Trinajstić information content (AvgIpc) is 2.92. The quantitative estimate of drug-likeness (QED) is 0.677. The molecule has 1 saturated heterocycles. The summed E-state index contributed by atoms with van der Waals surface area (Å²) in [4.78, 5) is 12.8. The van der Waals surface area contributed by atoms with Crippen molar-refractivity contribution in [2.45, 2.75) is 63.8 Å². The third-order valence-corrected chi connectivity index (χ3v) is 5.71. The standard InChI is InChI=1S/C21H34N4O/c1-24-20-15-17(9-6-4-2-3-5-7-13-22)11-12-19(20)25(21(24)26)18-10-8-14-23-16-18/h11-12,15,18,23H,2-10,13-14,16,22H2,1H3. The van der Waals surface area contributed by atoms with Gasteiger partial charge in [-0.2, -0.15) is 0 Å². The number of imidazole rings is 1. The van der Waals surface area contributed by atoms with E-state index in [1.807, 2.05) is 16.2 Å². The number of aryl methyl sites for hydroxylation is 2. The number of unbranched alkanes of at least 4 members (excludes halogenated alkanes) is 5. The van der Waals surface area contributed by atoms with Crippen LogP contribution in [-0.2, 0) is 13.5 Å². The molecule has 1 fully saturated rings. The minimum absolute atomic E-state index is 0.116. The molecule has 0 radical (unpaired) electrons. The molecule has 0 aliphatic carbocycles. The van der Waals surface area contributed by atoms with Crippen LogP contribution in [0.25, 0.3) is 11.0 Å². The van der Waals surface area contributed by atoms with Crippen LogP contribution >= 0.6 is 0 Å². The summed E-state index contributed by atoms with van der Waals surface area (Å²) < 4.78 is 3.82. The molecule has 1 atom stereocenters. The number of hydrogen-bond donors (Lipinski definition) is 2. The lowest BCUT2D eigenvalue weighted by Gasteiger charge is -2.24. The van der Waals surface area contributed by atoms with E-state index in [1.54, 1.807) is 0 Å². The Morgan fingerprint density at radius 1 is 1.12 bits per heavy atom. The van der Waals surface area contributed by atoms with Crippen molar-refractivity contribution in [2.24, 2.45) is 12.8 Å². The number of nitrogens with one attached hydrogen (secondary N) is 1. The Bertz CT molecular complexity index is 755. The van der Waals surface area contributed by atoms with Gasteiger partial charge >= 0.3 is 5.69 Å². The highest BCUT2D eigenvalue weighted by molar-refractivity contribution is 5.77. The summed E-state index contributed by atoms with van der Waals surface area (Å²) in [5, 5.41) is 3.42. The minimum Gasteiger partial charge on any atom is -0.330 e. The van der Waals surface area contributed by atoms with Gasteiger partial charge in [-0.15, -0.1) is 0 Å². The number of nitrogens with two attached hydrogens (primary N) is 1. The Balaban J connectivity index is 1.65. The van der Waals surface area contributed by atoms with Gasteiger partial charge in [0.05, 0.1) is 17.1 Å². The van der Waals surface area contributed by atoms with Gasteiger partial charge in [0.2, 0.25) is 0 Å². The van der Waals surface area contributed by atoms with Crippen molar-refractivity contribution in [2.75, 3.05) is 19.6 Å². The number of hydrogen-bond acceptors (Lipinski definition) is 3. The van der Waals surface area contributed by atoms with Gasteiger partial charge in [0, 0.05) is 13.6 Å². The Kier molecular flexibility index (Phi) is 6.92. The summed E-state index contributed by atoms with van der Waals surface area (Å²) >= 11 is 0. The number of rotatable bonds is 9. The molecule has 1 aliphatic heterocycles.